The molecule has 0 aromatic carbocycles. The molecule has 0 amide bonds. The Kier molecular flexibility index (Phi) is 4.19. The Labute approximate surface area is 161 Å². The molecule has 4 unspecified atom stereocenters. The lowest BCUT2D eigenvalue weighted by atomic mass is 9.50. The van der Waals surface area contributed by atoms with Crippen LogP contribution in [0, 0.1) is 29.1 Å². The van der Waals surface area contributed by atoms with E-state index in [9.17, 15) is 5.11 Å². The summed E-state index contributed by atoms with van der Waals surface area (Å²) in [6.07, 6.45) is 12.5. The van der Waals surface area contributed by atoms with Crippen LogP contribution in [0.3, 0.4) is 0 Å². The smallest absolute Gasteiger partial charge is 0.0794 e. The molecule has 3 heteroatoms. The molecule has 0 aromatic heterocycles. The predicted octanol–water partition coefficient (Wildman–Crippen LogP) is 5.65. The lowest BCUT2D eigenvalue weighted by Crippen LogP contribution is -2.50. The largest absolute Gasteiger partial charge is 0.393 e. The first kappa shape index (κ1) is 17.3. The molecule has 1 saturated heterocycles. The van der Waals surface area contributed by atoms with Crippen molar-refractivity contribution < 1.29 is 5.11 Å². The summed E-state index contributed by atoms with van der Waals surface area (Å²) in [4.78, 5) is 0. The Bertz CT molecular complexity index is 605. The average molecular weight is 377 g/mol. The lowest BCUT2D eigenvalue weighted by Gasteiger charge is -2.56. The molecule has 4 fully saturated rings. The van der Waals surface area contributed by atoms with Gasteiger partial charge in [0.1, 0.15) is 0 Å². The van der Waals surface area contributed by atoms with Gasteiger partial charge in [-0.1, -0.05) is 30.7 Å². The van der Waals surface area contributed by atoms with E-state index >= 15 is 0 Å². The van der Waals surface area contributed by atoms with Gasteiger partial charge in [0.05, 0.1) is 10.2 Å². The molecule has 0 aromatic rings. The first-order chi connectivity index (χ1) is 12.1. The van der Waals surface area contributed by atoms with Crippen LogP contribution in [0.15, 0.2) is 23.8 Å². The first-order valence-electron chi connectivity index (χ1n) is 10.4. The molecular weight excluding hydrogens is 344 g/mol. The minimum absolute atomic E-state index is 0.0851. The van der Waals surface area contributed by atoms with Gasteiger partial charge in [-0.2, -0.15) is 0 Å². The second-order valence-electron chi connectivity index (χ2n) is 9.22. The Hall–Kier alpha value is 0.140. The number of rotatable bonds is 1. The molecular formula is C22H32OS2. The lowest BCUT2D eigenvalue weighted by molar-refractivity contribution is -0.0414. The number of hydrogen-bond acceptors (Lipinski definition) is 3. The number of aliphatic hydroxyl groups is 1. The Morgan fingerprint density at radius 2 is 2.00 bits per heavy atom. The van der Waals surface area contributed by atoms with Crippen molar-refractivity contribution in [1.82, 2.24) is 0 Å². The van der Waals surface area contributed by atoms with Crippen LogP contribution < -0.4 is 0 Å². The summed E-state index contributed by atoms with van der Waals surface area (Å²) in [5.41, 5.74) is 3.42. The normalized spacial score (nSPS) is 48.0. The summed E-state index contributed by atoms with van der Waals surface area (Å²) in [5, 5.41) is 10.8. The van der Waals surface area contributed by atoms with E-state index in [4.69, 9.17) is 0 Å². The van der Waals surface area contributed by atoms with Gasteiger partial charge in [0.2, 0.25) is 0 Å². The van der Waals surface area contributed by atoms with Crippen molar-refractivity contribution in [2.24, 2.45) is 29.1 Å². The van der Waals surface area contributed by atoms with Crippen molar-refractivity contribution in [3.63, 3.8) is 0 Å². The number of allylic oxidation sites excluding steroid dienone is 2. The Morgan fingerprint density at radius 1 is 1.20 bits per heavy atom. The van der Waals surface area contributed by atoms with Gasteiger partial charge in [0, 0.05) is 16.9 Å². The highest BCUT2D eigenvalue weighted by Gasteiger charge is 2.59. The second-order valence-corrected chi connectivity index (χ2v) is 12.3. The molecule has 6 atom stereocenters. The monoisotopic (exact) mass is 376 g/mol. The van der Waals surface area contributed by atoms with Gasteiger partial charge in [-0.15, -0.1) is 23.5 Å². The molecule has 5 aliphatic rings. The maximum atomic E-state index is 10.8. The third-order valence-corrected chi connectivity index (χ3v) is 11.9. The average Bonchev–Trinajstić information content (AvgIpc) is 3.20. The first-order valence-corrected chi connectivity index (χ1v) is 12.4. The van der Waals surface area contributed by atoms with Gasteiger partial charge in [0.25, 0.3) is 0 Å². The molecule has 4 aliphatic carbocycles. The van der Waals surface area contributed by atoms with Gasteiger partial charge in [0.15, 0.2) is 0 Å². The summed E-state index contributed by atoms with van der Waals surface area (Å²) in [7, 11) is 0. The quantitative estimate of drug-likeness (QED) is 0.597. The predicted molar refractivity (Wildman–Crippen MR) is 110 cm³/mol. The fourth-order valence-electron chi connectivity index (χ4n) is 7.43. The van der Waals surface area contributed by atoms with Gasteiger partial charge >= 0.3 is 0 Å². The maximum absolute atomic E-state index is 10.8. The van der Waals surface area contributed by atoms with Crippen LogP contribution in [0.5, 0.6) is 0 Å². The van der Waals surface area contributed by atoms with E-state index < -0.39 is 0 Å². The van der Waals surface area contributed by atoms with E-state index in [0.29, 0.717) is 10.00 Å². The van der Waals surface area contributed by atoms with Crippen molar-refractivity contribution in [2.75, 3.05) is 11.5 Å². The zero-order valence-electron chi connectivity index (χ0n) is 15.5. The molecule has 138 valence electrons. The van der Waals surface area contributed by atoms with Gasteiger partial charge in [-0.3, -0.25) is 0 Å². The second kappa shape index (κ2) is 6.07. The summed E-state index contributed by atoms with van der Waals surface area (Å²) in [6.45, 7) is 6.93. The molecule has 0 bridgehead atoms. The van der Waals surface area contributed by atoms with E-state index in [-0.39, 0.29) is 11.5 Å². The molecule has 1 heterocycles. The topological polar surface area (TPSA) is 20.2 Å². The highest BCUT2D eigenvalue weighted by molar-refractivity contribution is 8.21. The number of fused-ring (bicyclic) bond motifs is 5. The fourth-order valence-corrected chi connectivity index (χ4v) is 10.6. The third-order valence-electron chi connectivity index (χ3n) is 8.48. The van der Waals surface area contributed by atoms with E-state index in [2.05, 4.69) is 43.1 Å². The standard InChI is InChI=1S/C22H32OS2/c1-3-21-12-14(2)20-16-8-9-22(24-10-11-25-22)13-15(16)4-5-17(20)18(21)6-7-19(21)23/h13,16-20,23H,2-12H2,1H3/t16?,17?,18?,19?,20-,21+/m1/s1. The van der Waals surface area contributed by atoms with E-state index in [0.717, 1.165) is 37.0 Å². The van der Waals surface area contributed by atoms with Crippen LogP contribution in [0.4, 0.5) is 0 Å². The molecule has 25 heavy (non-hydrogen) atoms. The van der Waals surface area contributed by atoms with Crippen LogP contribution in [-0.2, 0) is 0 Å². The van der Waals surface area contributed by atoms with Crippen LogP contribution in [0.25, 0.3) is 0 Å². The maximum Gasteiger partial charge on any atom is 0.0794 e. The molecule has 1 N–H and O–H groups in total. The third kappa shape index (κ3) is 2.41. The highest BCUT2D eigenvalue weighted by Crippen LogP contribution is 2.65. The van der Waals surface area contributed by atoms with Gasteiger partial charge < -0.3 is 5.11 Å². The van der Waals surface area contributed by atoms with Crippen LogP contribution in [0.1, 0.15) is 58.3 Å². The molecule has 1 nitrogen and oxygen atoms in total. The molecule has 5 rings (SSSR count). The van der Waals surface area contributed by atoms with E-state index in [1.165, 1.54) is 49.2 Å². The number of hydrogen-bond donors (Lipinski definition) is 1. The van der Waals surface area contributed by atoms with Crippen molar-refractivity contribution in [3.8, 4) is 0 Å². The van der Waals surface area contributed by atoms with E-state index in [1.807, 2.05) is 0 Å². The summed E-state index contributed by atoms with van der Waals surface area (Å²) in [6, 6.07) is 0. The van der Waals surface area contributed by atoms with Crippen LogP contribution >= 0.6 is 23.5 Å². The summed E-state index contributed by atoms with van der Waals surface area (Å²) >= 11 is 4.40. The van der Waals surface area contributed by atoms with Crippen molar-refractivity contribution >= 4 is 23.5 Å². The summed E-state index contributed by atoms with van der Waals surface area (Å²) in [5.74, 6) is 5.68. The minimum Gasteiger partial charge on any atom is -0.393 e. The zero-order chi connectivity index (χ0) is 17.2. The highest BCUT2D eigenvalue weighted by atomic mass is 32.2. The summed E-state index contributed by atoms with van der Waals surface area (Å²) < 4.78 is 0.422. The Morgan fingerprint density at radius 3 is 2.76 bits per heavy atom. The SMILES string of the molecule is C=C1C[C@]2(CC)C(O)CCC2C2CCC3=CC4(CCC3[C@@H]12)SCCS4. The van der Waals surface area contributed by atoms with Crippen molar-refractivity contribution in [3.05, 3.63) is 23.8 Å². The number of thioether (sulfide) groups is 2. The van der Waals surface area contributed by atoms with Gasteiger partial charge in [-0.25, -0.2) is 0 Å². The van der Waals surface area contributed by atoms with E-state index in [1.54, 1.807) is 5.57 Å². The Balaban J connectivity index is 1.47. The van der Waals surface area contributed by atoms with Crippen LogP contribution in [-0.4, -0.2) is 26.8 Å². The minimum atomic E-state index is -0.0851. The van der Waals surface area contributed by atoms with Crippen molar-refractivity contribution in [2.45, 2.75) is 68.5 Å². The fraction of sp³-hybridized carbons (Fsp3) is 0.818. The van der Waals surface area contributed by atoms with Crippen LogP contribution in [0.2, 0.25) is 0 Å². The number of aliphatic hydroxyl groups excluding tert-OH is 1. The molecule has 1 spiro atoms. The molecule has 3 saturated carbocycles. The molecule has 0 radical (unpaired) electrons. The van der Waals surface area contributed by atoms with Crippen molar-refractivity contribution in [1.29, 1.82) is 0 Å². The van der Waals surface area contributed by atoms with Gasteiger partial charge in [-0.05, 0) is 75.0 Å². The zero-order valence-corrected chi connectivity index (χ0v) is 17.1. The molecule has 1 aliphatic heterocycles.